The van der Waals surface area contributed by atoms with E-state index in [1.54, 1.807) is 6.20 Å². The summed E-state index contributed by atoms with van der Waals surface area (Å²) in [6.45, 7) is 4.90. The number of rotatable bonds is 4. The van der Waals surface area contributed by atoms with Crippen LogP contribution in [0.3, 0.4) is 0 Å². The van der Waals surface area contributed by atoms with E-state index in [1.165, 1.54) is 11.3 Å². The van der Waals surface area contributed by atoms with Crippen LogP contribution >= 0.6 is 0 Å². The van der Waals surface area contributed by atoms with E-state index in [1.807, 2.05) is 31.3 Å². The zero-order chi connectivity index (χ0) is 17.2. The minimum atomic E-state index is 0.387. The number of pyridine rings is 1. The van der Waals surface area contributed by atoms with Crippen molar-refractivity contribution in [3.8, 4) is 0 Å². The largest absolute Gasteiger partial charge is 0.350 e. The highest BCUT2D eigenvalue weighted by Crippen LogP contribution is 2.37. The number of benzene rings is 1. The second-order valence-electron chi connectivity index (χ2n) is 6.46. The van der Waals surface area contributed by atoms with Gasteiger partial charge in [-0.1, -0.05) is 24.3 Å². The molecular formula is C20H21N5. The van der Waals surface area contributed by atoms with Crippen LogP contribution in [0, 0.1) is 6.92 Å². The van der Waals surface area contributed by atoms with E-state index in [2.05, 4.69) is 51.4 Å². The predicted molar refractivity (Wildman–Crippen MR) is 100 cm³/mol. The molecule has 0 amide bonds. The Hall–Kier alpha value is -2.95. The van der Waals surface area contributed by atoms with Gasteiger partial charge in [0.25, 0.3) is 0 Å². The second kappa shape index (κ2) is 6.51. The Bertz CT molecular complexity index is 878. The van der Waals surface area contributed by atoms with Gasteiger partial charge in [0, 0.05) is 42.4 Å². The van der Waals surface area contributed by atoms with Crippen molar-refractivity contribution < 1.29 is 0 Å². The standard InChI is InChI=1S/C20H21N5/c1-14-10-19(25-15(2)11-17-7-3-4-8-18(17)25)24-20(23-14)22-13-16-6-5-9-21-12-16/h3-10,12,15H,11,13H2,1-2H3,(H,22,23,24). The summed E-state index contributed by atoms with van der Waals surface area (Å²) in [5.41, 5.74) is 4.67. The fourth-order valence-corrected chi connectivity index (χ4v) is 3.35. The predicted octanol–water partition coefficient (Wildman–Crippen LogP) is 3.87. The first kappa shape index (κ1) is 15.6. The highest BCUT2D eigenvalue weighted by Gasteiger charge is 2.28. The van der Waals surface area contributed by atoms with E-state index >= 15 is 0 Å². The summed E-state index contributed by atoms with van der Waals surface area (Å²) in [4.78, 5) is 15.7. The molecule has 5 nitrogen and oxygen atoms in total. The van der Waals surface area contributed by atoms with Crippen LogP contribution in [-0.2, 0) is 13.0 Å². The van der Waals surface area contributed by atoms with Crippen LogP contribution in [-0.4, -0.2) is 21.0 Å². The third kappa shape index (κ3) is 3.18. The summed E-state index contributed by atoms with van der Waals surface area (Å²) in [5, 5.41) is 3.32. The van der Waals surface area contributed by atoms with Crippen LogP contribution in [0.25, 0.3) is 0 Å². The SMILES string of the molecule is Cc1cc(N2c3ccccc3CC2C)nc(NCc2cccnc2)n1. The van der Waals surface area contributed by atoms with Crippen LogP contribution in [0.1, 0.15) is 23.7 Å². The molecule has 25 heavy (non-hydrogen) atoms. The summed E-state index contributed by atoms with van der Waals surface area (Å²) in [6.07, 6.45) is 4.66. The molecule has 126 valence electrons. The van der Waals surface area contributed by atoms with Gasteiger partial charge in [0.1, 0.15) is 5.82 Å². The first-order chi connectivity index (χ1) is 12.2. The van der Waals surface area contributed by atoms with Crippen molar-refractivity contribution in [1.29, 1.82) is 0 Å². The highest BCUT2D eigenvalue weighted by molar-refractivity contribution is 5.69. The lowest BCUT2D eigenvalue weighted by molar-refractivity contribution is 0.748. The molecule has 1 atom stereocenters. The van der Waals surface area contributed by atoms with E-state index < -0.39 is 0 Å². The molecule has 0 bridgehead atoms. The van der Waals surface area contributed by atoms with Crippen molar-refractivity contribution in [3.05, 3.63) is 71.7 Å². The lowest BCUT2D eigenvalue weighted by Gasteiger charge is -2.24. The number of aryl methyl sites for hydroxylation is 1. The Labute approximate surface area is 147 Å². The Morgan fingerprint density at radius 1 is 1.16 bits per heavy atom. The maximum Gasteiger partial charge on any atom is 0.225 e. The van der Waals surface area contributed by atoms with Gasteiger partial charge < -0.3 is 10.2 Å². The van der Waals surface area contributed by atoms with Gasteiger partial charge in [-0.15, -0.1) is 0 Å². The average molecular weight is 331 g/mol. The quantitative estimate of drug-likeness (QED) is 0.786. The van der Waals surface area contributed by atoms with Crippen LogP contribution < -0.4 is 10.2 Å². The molecule has 3 heterocycles. The maximum absolute atomic E-state index is 4.76. The molecule has 2 aromatic heterocycles. The molecule has 0 saturated heterocycles. The van der Waals surface area contributed by atoms with Gasteiger partial charge in [-0.3, -0.25) is 4.98 Å². The minimum Gasteiger partial charge on any atom is -0.350 e. The number of fused-ring (bicyclic) bond motifs is 1. The third-order valence-electron chi connectivity index (χ3n) is 4.47. The number of nitrogens with one attached hydrogen (secondary N) is 1. The fourth-order valence-electron chi connectivity index (χ4n) is 3.35. The number of anilines is 3. The van der Waals surface area contributed by atoms with Crippen LogP contribution in [0.4, 0.5) is 17.5 Å². The van der Waals surface area contributed by atoms with Crippen molar-refractivity contribution in [2.24, 2.45) is 0 Å². The lowest BCUT2D eigenvalue weighted by Crippen LogP contribution is -2.25. The Balaban J connectivity index is 1.62. The van der Waals surface area contributed by atoms with Crippen LogP contribution in [0.2, 0.25) is 0 Å². The minimum absolute atomic E-state index is 0.387. The molecule has 1 N–H and O–H groups in total. The molecular weight excluding hydrogens is 310 g/mol. The van der Waals surface area contributed by atoms with Gasteiger partial charge in [-0.2, -0.15) is 4.98 Å². The van der Waals surface area contributed by atoms with Gasteiger partial charge in [0.05, 0.1) is 0 Å². The molecule has 0 aliphatic carbocycles. The molecule has 0 saturated carbocycles. The lowest BCUT2D eigenvalue weighted by atomic mass is 10.1. The number of hydrogen-bond donors (Lipinski definition) is 1. The fraction of sp³-hybridized carbons (Fsp3) is 0.250. The van der Waals surface area contributed by atoms with Crippen molar-refractivity contribution in [2.45, 2.75) is 32.9 Å². The van der Waals surface area contributed by atoms with Crippen LogP contribution in [0.5, 0.6) is 0 Å². The summed E-state index contributed by atoms with van der Waals surface area (Å²) in [7, 11) is 0. The molecule has 1 aliphatic heterocycles. The maximum atomic E-state index is 4.76. The number of aromatic nitrogens is 3. The Morgan fingerprint density at radius 2 is 2.04 bits per heavy atom. The highest BCUT2D eigenvalue weighted by atomic mass is 15.3. The smallest absolute Gasteiger partial charge is 0.225 e. The molecule has 3 aromatic rings. The van der Waals surface area contributed by atoms with Gasteiger partial charge in [-0.05, 0) is 43.5 Å². The normalized spacial score (nSPS) is 15.9. The van der Waals surface area contributed by atoms with Crippen molar-refractivity contribution in [3.63, 3.8) is 0 Å². The monoisotopic (exact) mass is 331 g/mol. The van der Waals surface area contributed by atoms with Crippen molar-refractivity contribution in [2.75, 3.05) is 10.2 Å². The van der Waals surface area contributed by atoms with Gasteiger partial charge in [0.15, 0.2) is 0 Å². The third-order valence-corrected chi connectivity index (χ3v) is 4.47. The zero-order valence-electron chi connectivity index (χ0n) is 14.5. The van der Waals surface area contributed by atoms with Gasteiger partial charge >= 0.3 is 0 Å². The topological polar surface area (TPSA) is 53.9 Å². The molecule has 5 heteroatoms. The molecule has 1 unspecified atom stereocenters. The average Bonchev–Trinajstić information content (AvgIpc) is 2.96. The van der Waals surface area contributed by atoms with Crippen molar-refractivity contribution >= 4 is 17.5 Å². The van der Waals surface area contributed by atoms with E-state index in [-0.39, 0.29) is 0 Å². The molecule has 4 rings (SSSR count). The zero-order valence-corrected chi connectivity index (χ0v) is 14.5. The number of hydrogen-bond acceptors (Lipinski definition) is 5. The van der Waals surface area contributed by atoms with Gasteiger partial charge in [0.2, 0.25) is 5.95 Å². The summed E-state index contributed by atoms with van der Waals surface area (Å²) in [6, 6.07) is 14.9. The van der Waals surface area contributed by atoms with E-state index in [0.717, 1.165) is 23.5 Å². The second-order valence-corrected chi connectivity index (χ2v) is 6.46. The number of nitrogens with zero attached hydrogens (tertiary/aromatic N) is 4. The summed E-state index contributed by atoms with van der Waals surface area (Å²) < 4.78 is 0. The Kier molecular flexibility index (Phi) is 4.06. The van der Waals surface area contributed by atoms with E-state index in [0.29, 0.717) is 18.5 Å². The van der Waals surface area contributed by atoms with Crippen molar-refractivity contribution in [1.82, 2.24) is 15.0 Å². The first-order valence-electron chi connectivity index (χ1n) is 8.56. The van der Waals surface area contributed by atoms with E-state index in [4.69, 9.17) is 4.98 Å². The summed E-state index contributed by atoms with van der Waals surface area (Å²) in [5.74, 6) is 1.59. The molecule has 1 aliphatic rings. The molecule has 0 fully saturated rings. The molecule has 0 spiro atoms. The Morgan fingerprint density at radius 3 is 2.88 bits per heavy atom. The van der Waals surface area contributed by atoms with Crippen LogP contribution in [0.15, 0.2) is 54.9 Å². The molecule has 1 aromatic carbocycles. The summed E-state index contributed by atoms with van der Waals surface area (Å²) >= 11 is 0. The first-order valence-corrected chi connectivity index (χ1v) is 8.56. The number of para-hydroxylation sites is 1. The molecule has 0 radical (unpaired) electrons. The van der Waals surface area contributed by atoms with E-state index in [9.17, 15) is 0 Å². The van der Waals surface area contributed by atoms with Gasteiger partial charge in [-0.25, -0.2) is 4.98 Å².